The van der Waals surface area contributed by atoms with Gasteiger partial charge in [-0.3, -0.25) is 9.78 Å². The summed E-state index contributed by atoms with van der Waals surface area (Å²) in [5.41, 5.74) is 1.74. The van der Waals surface area contributed by atoms with Crippen LogP contribution < -0.4 is 14.8 Å². The summed E-state index contributed by atoms with van der Waals surface area (Å²) in [6.45, 7) is 1.57. The molecule has 7 heteroatoms. The van der Waals surface area contributed by atoms with Gasteiger partial charge in [0.05, 0.1) is 24.9 Å². The first-order valence-electron chi connectivity index (χ1n) is 8.38. The Morgan fingerprint density at radius 1 is 1.08 bits per heavy atom. The Bertz CT molecular complexity index is 908. The standard InChI is InChI=1S/C19H18N4O3/c24-19(12-14-4-5-16-17(11-14)26-10-9-25-16)22-18-6-8-21-23(18)13-15-3-1-2-7-20-15/h1-8,11H,9-10,12-13H2,(H,22,24). The van der Waals surface area contributed by atoms with Gasteiger partial charge < -0.3 is 14.8 Å². The van der Waals surface area contributed by atoms with Gasteiger partial charge >= 0.3 is 0 Å². The minimum atomic E-state index is -0.121. The van der Waals surface area contributed by atoms with Crippen molar-refractivity contribution in [2.75, 3.05) is 18.5 Å². The van der Waals surface area contributed by atoms with E-state index < -0.39 is 0 Å². The van der Waals surface area contributed by atoms with Gasteiger partial charge in [0.2, 0.25) is 5.91 Å². The molecule has 1 aromatic carbocycles. The minimum absolute atomic E-state index is 0.121. The molecule has 1 N–H and O–H groups in total. The van der Waals surface area contributed by atoms with Gasteiger partial charge in [-0.15, -0.1) is 0 Å². The summed E-state index contributed by atoms with van der Waals surface area (Å²) in [4.78, 5) is 16.7. The van der Waals surface area contributed by atoms with Crippen molar-refractivity contribution >= 4 is 11.7 Å². The summed E-state index contributed by atoms with van der Waals surface area (Å²) < 4.78 is 12.8. The Kier molecular flexibility index (Phi) is 4.51. The lowest BCUT2D eigenvalue weighted by Gasteiger charge is -2.18. The number of hydrogen-bond donors (Lipinski definition) is 1. The van der Waals surface area contributed by atoms with E-state index >= 15 is 0 Å². The predicted molar refractivity (Wildman–Crippen MR) is 95.3 cm³/mol. The fraction of sp³-hybridized carbons (Fsp3) is 0.211. The summed E-state index contributed by atoms with van der Waals surface area (Å²) >= 11 is 0. The van der Waals surface area contributed by atoms with Crippen LogP contribution in [0.25, 0.3) is 0 Å². The minimum Gasteiger partial charge on any atom is -0.486 e. The monoisotopic (exact) mass is 350 g/mol. The predicted octanol–water partition coefficient (Wildman–Crippen LogP) is 2.28. The highest BCUT2D eigenvalue weighted by Gasteiger charge is 2.14. The number of carbonyl (C=O) groups excluding carboxylic acids is 1. The lowest BCUT2D eigenvalue weighted by molar-refractivity contribution is -0.115. The highest BCUT2D eigenvalue weighted by atomic mass is 16.6. The van der Waals surface area contributed by atoms with E-state index in [9.17, 15) is 4.79 Å². The first-order chi connectivity index (χ1) is 12.8. The van der Waals surface area contributed by atoms with E-state index in [1.54, 1.807) is 23.1 Å². The zero-order valence-electron chi connectivity index (χ0n) is 14.1. The maximum atomic E-state index is 12.4. The Morgan fingerprint density at radius 2 is 1.96 bits per heavy atom. The van der Waals surface area contributed by atoms with Gasteiger partial charge in [-0.2, -0.15) is 5.10 Å². The summed E-state index contributed by atoms with van der Waals surface area (Å²) in [5.74, 6) is 1.92. The number of anilines is 1. The first kappa shape index (κ1) is 16.1. The van der Waals surface area contributed by atoms with Gasteiger partial charge in [-0.25, -0.2) is 4.68 Å². The van der Waals surface area contributed by atoms with Crippen LogP contribution in [0.4, 0.5) is 5.82 Å². The zero-order chi connectivity index (χ0) is 17.8. The molecule has 0 bridgehead atoms. The molecule has 0 saturated carbocycles. The molecule has 1 aliphatic heterocycles. The number of pyridine rings is 1. The maximum Gasteiger partial charge on any atom is 0.229 e. The number of nitrogens with one attached hydrogen (secondary N) is 1. The molecule has 26 heavy (non-hydrogen) atoms. The highest BCUT2D eigenvalue weighted by Crippen LogP contribution is 2.30. The average Bonchev–Trinajstić information content (AvgIpc) is 3.09. The van der Waals surface area contributed by atoms with Crippen molar-refractivity contribution in [3.63, 3.8) is 0 Å². The number of amides is 1. The van der Waals surface area contributed by atoms with Gasteiger partial charge in [-0.1, -0.05) is 12.1 Å². The third kappa shape index (κ3) is 3.66. The molecule has 7 nitrogen and oxygen atoms in total. The molecule has 0 saturated heterocycles. The maximum absolute atomic E-state index is 12.4. The molecule has 0 fully saturated rings. The van der Waals surface area contributed by atoms with Crippen molar-refractivity contribution < 1.29 is 14.3 Å². The zero-order valence-corrected chi connectivity index (χ0v) is 14.1. The molecule has 1 aliphatic rings. The summed E-state index contributed by atoms with van der Waals surface area (Å²) in [6.07, 6.45) is 3.63. The van der Waals surface area contributed by atoms with Crippen molar-refractivity contribution in [3.8, 4) is 11.5 Å². The molecule has 4 rings (SSSR count). The van der Waals surface area contributed by atoms with Crippen molar-refractivity contribution in [2.45, 2.75) is 13.0 Å². The summed E-state index contributed by atoms with van der Waals surface area (Å²) in [5, 5.41) is 7.16. The second-order valence-corrected chi connectivity index (χ2v) is 5.90. The van der Waals surface area contributed by atoms with E-state index in [1.807, 2.05) is 36.4 Å². The van der Waals surface area contributed by atoms with Crippen LogP contribution in [0.1, 0.15) is 11.3 Å². The van der Waals surface area contributed by atoms with Crippen molar-refractivity contribution in [3.05, 3.63) is 66.1 Å². The van der Waals surface area contributed by atoms with Crippen LogP contribution in [0.15, 0.2) is 54.9 Å². The fourth-order valence-electron chi connectivity index (χ4n) is 2.78. The molecule has 0 unspecified atom stereocenters. The van der Waals surface area contributed by atoms with Gasteiger partial charge in [-0.05, 0) is 29.8 Å². The number of carbonyl (C=O) groups is 1. The number of rotatable bonds is 5. The Hall–Kier alpha value is -3.35. The van der Waals surface area contributed by atoms with Crippen LogP contribution >= 0.6 is 0 Å². The van der Waals surface area contributed by atoms with Crippen LogP contribution in [0.2, 0.25) is 0 Å². The number of ether oxygens (including phenoxy) is 2. The van der Waals surface area contributed by atoms with Crippen LogP contribution in [0.3, 0.4) is 0 Å². The fourth-order valence-corrected chi connectivity index (χ4v) is 2.78. The largest absolute Gasteiger partial charge is 0.486 e. The van der Waals surface area contributed by atoms with E-state index in [4.69, 9.17) is 9.47 Å². The van der Waals surface area contributed by atoms with Crippen molar-refractivity contribution in [2.24, 2.45) is 0 Å². The van der Waals surface area contributed by atoms with E-state index in [1.165, 1.54) is 0 Å². The van der Waals surface area contributed by atoms with Gasteiger partial charge in [0, 0.05) is 12.3 Å². The second-order valence-electron chi connectivity index (χ2n) is 5.90. The van der Waals surface area contributed by atoms with Crippen LogP contribution in [-0.4, -0.2) is 33.9 Å². The molecule has 2 aromatic heterocycles. The topological polar surface area (TPSA) is 78.3 Å². The first-order valence-corrected chi connectivity index (χ1v) is 8.38. The van der Waals surface area contributed by atoms with E-state index in [0.29, 0.717) is 37.1 Å². The lowest BCUT2D eigenvalue weighted by Crippen LogP contribution is -2.19. The number of fused-ring (bicyclic) bond motifs is 1. The lowest BCUT2D eigenvalue weighted by atomic mass is 10.1. The average molecular weight is 350 g/mol. The third-order valence-electron chi connectivity index (χ3n) is 3.99. The molecule has 132 valence electrons. The molecule has 0 radical (unpaired) electrons. The highest BCUT2D eigenvalue weighted by molar-refractivity contribution is 5.91. The molecular weight excluding hydrogens is 332 g/mol. The normalized spacial score (nSPS) is 12.6. The van der Waals surface area contributed by atoms with Crippen molar-refractivity contribution in [1.82, 2.24) is 14.8 Å². The number of nitrogens with zero attached hydrogens (tertiary/aromatic N) is 3. The molecule has 3 aromatic rings. The Balaban J connectivity index is 1.42. The van der Waals surface area contributed by atoms with E-state index in [-0.39, 0.29) is 12.3 Å². The van der Waals surface area contributed by atoms with Gasteiger partial charge in [0.1, 0.15) is 19.0 Å². The van der Waals surface area contributed by atoms with Crippen LogP contribution in [0.5, 0.6) is 11.5 Å². The molecule has 0 aliphatic carbocycles. The number of benzene rings is 1. The Morgan fingerprint density at radius 3 is 2.81 bits per heavy atom. The van der Waals surface area contributed by atoms with E-state index in [0.717, 1.165) is 11.3 Å². The second kappa shape index (κ2) is 7.26. The van der Waals surface area contributed by atoms with E-state index in [2.05, 4.69) is 15.4 Å². The smallest absolute Gasteiger partial charge is 0.229 e. The SMILES string of the molecule is O=C(Cc1ccc2c(c1)OCCO2)Nc1ccnn1Cc1ccccn1. The third-order valence-corrected chi connectivity index (χ3v) is 3.99. The Labute approximate surface area is 150 Å². The van der Waals surface area contributed by atoms with Crippen LogP contribution in [-0.2, 0) is 17.8 Å². The molecule has 3 heterocycles. The summed E-state index contributed by atoms with van der Waals surface area (Å²) in [7, 11) is 0. The van der Waals surface area contributed by atoms with Gasteiger partial charge in [0.15, 0.2) is 11.5 Å². The number of hydrogen-bond acceptors (Lipinski definition) is 5. The van der Waals surface area contributed by atoms with Crippen molar-refractivity contribution in [1.29, 1.82) is 0 Å². The molecule has 0 spiro atoms. The summed E-state index contributed by atoms with van der Waals surface area (Å²) in [6, 6.07) is 13.0. The quantitative estimate of drug-likeness (QED) is 0.764. The molecular formula is C19H18N4O3. The number of aromatic nitrogens is 3. The van der Waals surface area contributed by atoms with Crippen LogP contribution in [0, 0.1) is 0 Å². The van der Waals surface area contributed by atoms with Gasteiger partial charge in [0.25, 0.3) is 0 Å². The molecule has 1 amide bonds. The molecule has 0 atom stereocenters.